The smallest absolute Gasteiger partial charge is 0.230 e. The predicted octanol–water partition coefficient (Wildman–Crippen LogP) is 2.52. The number of carbonyl (C=O) groups is 1. The number of hydrogen-bond acceptors (Lipinski definition) is 2. The van der Waals surface area contributed by atoms with E-state index >= 15 is 0 Å². The van der Waals surface area contributed by atoms with E-state index in [-0.39, 0.29) is 23.7 Å². The Hall–Kier alpha value is -1.42. The van der Waals surface area contributed by atoms with Crippen LogP contribution in [0.4, 0.5) is 4.39 Å². The van der Waals surface area contributed by atoms with Gasteiger partial charge in [0.15, 0.2) is 0 Å². The van der Waals surface area contributed by atoms with Crippen molar-refractivity contribution >= 4 is 5.91 Å². The fourth-order valence-corrected chi connectivity index (χ4v) is 3.61. The molecule has 2 atom stereocenters. The van der Waals surface area contributed by atoms with Crippen molar-refractivity contribution in [3.05, 3.63) is 35.6 Å². The number of nitrogens with one attached hydrogen (secondary N) is 1. The predicted molar refractivity (Wildman–Crippen MR) is 78.3 cm³/mol. The van der Waals surface area contributed by atoms with Gasteiger partial charge in [-0.3, -0.25) is 4.79 Å². The average molecular weight is 291 g/mol. The Morgan fingerprint density at radius 1 is 1.33 bits per heavy atom. The number of rotatable bonds is 4. The maximum Gasteiger partial charge on any atom is 0.230 e. The van der Waals surface area contributed by atoms with E-state index in [1.54, 1.807) is 6.07 Å². The monoisotopic (exact) mass is 291 g/mol. The average Bonchev–Trinajstić information content (AvgIpc) is 2.81. The van der Waals surface area contributed by atoms with E-state index in [0.717, 1.165) is 44.1 Å². The summed E-state index contributed by atoms with van der Waals surface area (Å²) < 4.78 is 13.4. The van der Waals surface area contributed by atoms with Crippen LogP contribution >= 0.6 is 0 Å². The molecule has 0 radical (unpaired) electrons. The summed E-state index contributed by atoms with van der Waals surface area (Å²) in [6.45, 7) is 0.525. The summed E-state index contributed by atoms with van der Waals surface area (Å²) in [7, 11) is 0. The van der Waals surface area contributed by atoms with Crippen molar-refractivity contribution in [1.29, 1.82) is 0 Å². The van der Waals surface area contributed by atoms with Crippen LogP contribution in [0.15, 0.2) is 24.3 Å². The molecule has 2 fully saturated rings. The molecule has 0 bridgehead atoms. The van der Waals surface area contributed by atoms with Crippen LogP contribution in [0.2, 0.25) is 0 Å². The van der Waals surface area contributed by atoms with Gasteiger partial charge in [0.25, 0.3) is 0 Å². The molecule has 1 amide bonds. The largest absolute Gasteiger partial charge is 0.393 e. The summed E-state index contributed by atoms with van der Waals surface area (Å²) >= 11 is 0. The fraction of sp³-hybridized carbons (Fsp3) is 0.588. The number of hydrogen-bond donors (Lipinski definition) is 2. The highest BCUT2D eigenvalue weighted by Crippen LogP contribution is 2.44. The normalized spacial score (nSPS) is 27.1. The van der Waals surface area contributed by atoms with Crippen molar-refractivity contribution in [2.75, 3.05) is 6.54 Å². The Morgan fingerprint density at radius 2 is 2.14 bits per heavy atom. The van der Waals surface area contributed by atoms with E-state index in [9.17, 15) is 14.3 Å². The van der Waals surface area contributed by atoms with Gasteiger partial charge in [0.05, 0.1) is 11.5 Å². The molecule has 4 heteroatoms. The van der Waals surface area contributed by atoms with Gasteiger partial charge in [0.1, 0.15) is 5.82 Å². The van der Waals surface area contributed by atoms with Crippen molar-refractivity contribution in [3.8, 4) is 0 Å². The number of halogens is 1. The number of carbonyl (C=O) groups excluding carboxylic acids is 1. The molecule has 3 rings (SSSR count). The molecule has 3 nitrogen and oxygen atoms in total. The first-order valence-corrected chi connectivity index (χ1v) is 7.84. The number of amides is 1. The van der Waals surface area contributed by atoms with E-state index in [4.69, 9.17) is 0 Å². The highest BCUT2D eigenvalue weighted by atomic mass is 19.1. The van der Waals surface area contributed by atoms with Crippen molar-refractivity contribution in [2.45, 2.75) is 50.0 Å². The summed E-state index contributed by atoms with van der Waals surface area (Å²) in [5.74, 6) is -0.144. The Morgan fingerprint density at radius 3 is 2.71 bits per heavy atom. The maximum absolute atomic E-state index is 13.4. The Labute approximate surface area is 124 Å². The van der Waals surface area contributed by atoms with Crippen molar-refractivity contribution in [2.24, 2.45) is 5.92 Å². The van der Waals surface area contributed by atoms with Gasteiger partial charge in [0, 0.05) is 12.5 Å². The van der Waals surface area contributed by atoms with Crippen LogP contribution in [-0.4, -0.2) is 23.7 Å². The topological polar surface area (TPSA) is 49.3 Å². The van der Waals surface area contributed by atoms with Crippen LogP contribution < -0.4 is 5.32 Å². The molecule has 0 heterocycles. The van der Waals surface area contributed by atoms with E-state index in [2.05, 4.69) is 5.32 Å². The van der Waals surface area contributed by atoms with Gasteiger partial charge in [-0.25, -0.2) is 4.39 Å². The van der Waals surface area contributed by atoms with E-state index in [0.29, 0.717) is 6.54 Å². The molecule has 0 aliphatic heterocycles. The lowest BCUT2D eigenvalue weighted by Gasteiger charge is -2.41. The molecule has 2 N–H and O–H groups in total. The van der Waals surface area contributed by atoms with Crippen molar-refractivity contribution in [1.82, 2.24) is 5.32 Å². The van der Waals surface area contributed by atoms with Crippen LogP contribution in [0, 0.1) is 11.7 Å². The molecule has 1 aromatic rings. The Bertz CT molecular complexity index is 527. The highest BCUT2D eigenvalue weighted by molar-refractivity contribution is 5.89. The number of aliphatic hydroxyl groups excluding tert-OH is 1. The van der Waals surface area contributed by atoms with Crippen LogP contribution in [0.5, 0.6) is 0 Å². The second-order valence-corrected chi connectivity index (χ2v) is 6.41. The van der Waals surface area contributed by atoms with E-state index in [1.807, 2.05) is 6.07 Å². The molecule has 2 aliphatic carbocycles. The third kappa shape index (κ3) is 2.69. The summed E-state index contributed by atoms with van der Waals surface area (Å²) in [4.78, 5) is 12.6. The zero-order valence-corrected chi connectivity index (χ0v) is 12.1. The first-order valence-electron chi connectivity index (χ1n) is 7.84. The quantitative estimate of drug-likeness (QED) is 0.895. The lowest BCUT2D eigenvalue weighted by atomic mass is 9.63. The first kappa shape index (κ1) is 14.5. The minimum absolute atomic E-state index is 0.0153. The van der Waals surface area contributed by atoms with Crippen LogP contribution in [0.25, 0.3) is 0 Å². The maximum atomic E-state index is 13.4. The molecule has 0 saturated heterocycles. The second kappa shape index (κ2) is 5.76. The van der Waals surface area contributed by atoms with Crippen molar-refractivity contribution in [3.63, 3.8) is 0 Å². The van der Waals surface area contributed by atoms with Gasteiger partial charge < -0.3 is 10.4 Å². The van der Waals surface area contributed by atoms with Gasteiger partial charge in [-0.15, -0.1) is 0 Å². The fourth-order valence-electron chi connectivity index (χ4n) is 3.61. The summed E-state index contributed by atoms with van der Waals surface area (Å²) in [6, 6.07) is 6.39. The lowest BCUT2D eigenvalue weighted by Crippen LogP contribution is -2.50. The molecule has 114 valence electrons. The molecule has 0 aromatic heterocycles. The van der Waals surface area contributed by atoms with Gasteiger partial charge >= 0.3 is 0 Å². The minimum atomic E-state index is -0.564. The van der Waals surface area contributed by atoms with E-state index in [1.165, 1.54) is 12.1 Å². The summed E-state index contributed by atoms with van der Waals surface area (Å²) in [5, 5.41) is 12.8. The van der Waals surface area contributed by atoms with E-state index < -0.39 is 5.41 Å². The van der Waals surface area contributed by atoms with Crippen LogP contribution in [0.3, 0.4) is 0 Å². The molecule has 2 unspecified atom stereocenters. The zero-order chi connectivity index (χ0) is 14.9. The molecular weight excluding hydrogens is 269 g/mol. The van der Waals surface area contributed by atoms with Crippen LogP contribution in [0.1, 0.15) is 44.1 Å². The molecule has 21 heavy (non-hydrogen) atoms. The second-order valence-electron chi connectivity index (χ2n) is 6.41. The molecule has 0 spiro atoms. The van der Waals surface area contributed by atoms with Crippen molar-refractivity contribution < 1.29 is 14.3 Å². The Balaban J connectivity index is 1.69. The standard InChI is InChI=1S/C17H22FNO2/c18-14-6-2-5-13(10-14)17(8-3-9-17)16(21)19-11-12-4-1-7-15(12)20/h2,5-6,10,12,15,20H,1,3-4,7-9,11H2,(H,19,21). The van der Waals surface area contributed by atoms with Gasteiger partial charge in [0.2, 0.25) is 5.91 Å². The number of benzene rings is 1. The van der Waals surface area contributed by atoms with Gasteiger partial charge in [-0.1, -0.05) is 25.0 Å². The number of aliphatic hydroxyl groups is 1. The lowest BCUT2D eigenvalue weighted by molar-refractivity contribution is -0.130. The summed E-state index contributed by atoms with van der Waals surface area (Å²) in [5.41, 5.74) is 0.212. The molecular formula is C17H22FNO2. The molecule has 2 aliphatic rings. The zero-order valence-electron chi connectivity index (χ0n) is 12.1. The third-order valence-electron chi connectivity index (χ3n) is 5.16. The first-order chi connectivity index (χ1) is 10.1. The molecule has 1 aromatic carbocycles. The summed E-state index contributed by atoms with van der Waals surface area (Å²) in [6.07, 6.45) is 5.07. The Kier molecular flexibility index (Phi) is 3.98. The third-order valence-corrected chi connectivity index (χ3v) is 5.16. The van der Waals surface area contributed by atoms with Gasteiger partial charge in [-0.05, 0) is 43.4 Å². The highest BCUT2D eigenvalue weighted by Gasteiger charge is 2.45. The minimum Gasteiger partial charge on any atom is -0.393 e. The molecule has 2 saturated carbocycles. The van der Waals surface area contributed by atoms with Crippen LogP contribution in [-0.2, 0) is 10.2 Å². The van der Waals surface area contributed by atoms with Gasteiger partial charge in [-0.2, -0.15) is 0 Å². The SMILES string of the molecule is O=C(NCC1CCCC1O)C1(c2cccc(F)c2)CCC1.